The Labute approximate surface area is 156 Å². The van der Waals surface area contributed by atoms with Crippen molar-refractivity contribution in [3.8, 4) is 0 Å². The van der Waals surface area contributed by atoms with Gasteiger partial charge in [-0.1, -0.05) is 0 Å². The Hall–Kier alpha value is -2.46. The fourth-order valence-corrected chi connectivity index (χ4v) is 4.07. The highest BCUT2D eigenvalue weighted by Crippen LogP contribution is 2.15. The molecule has 1 amide bonds. The van der Waals surface area contributed by atoms with Gasteiger partial charge in [-0.2, -0.15) is 0 Å². The summed E-state index contributed by atoms with van der Waals surface area (Å²) in [5, 5.41) is 0.113. The topological polar surface area (TPSA) is 110 Å². The van der Waals surface area contributed by atoms with E-state index in [0.29, 0.717) is 18.6 Å². The number of carbonyl (C=O) groups excluding carboxylic acids is 1. The van der Waals surface area contributed by atoms with Crippen molar-refractivity contribution in [2.75, 3.05) is 20.1 Å². The van der Waals surface area contributed by atoms with Gasteiger partial charge in [-0.25, -0.2) is 17.9 Å². The van der Waals surface area contributed by atoms with Crippen LogP contribution in [-0.4, -0.2) is 48.5 Å². The molecule has 3 rings (SSSR count). The Morgan fingerprint density at radius 3 is 2.48 bits per heavy atom. The van der Waals surface area contributed by atoms with Crippen LogP contribution < -0.4 is 16.0 Å². The molecule has 2 aromatic rings. The van der Waals surface area contributed by atoms with Crippen molar-refractivity contribution in [3.05, 3.63) is 39.0 Å². The third-order valence-electron chi connectivity index (χ3n) is 4.91. The molecule has 1 N–H and O–H groups in total. The molecule has 0 saturated carbocycles. The standard InChI is InChI=1S/C17H22N4O5S/c1-18-27(25,26)12-5-6-14-13(11-12)16(23)21(17(24)19(14)2)10-7-15(22)20-8-3-4-9-20/h5-6,11,18H,3-4,7-10H2,1-2H3. The number of sulfonamides is 1. The number of nitrogens with one attached hydrogen (secondary N) is 1. The second-order valence-corrected chi connectivity index (χ2v) is 8.41. The first-order valence-corrected chi connectivity index (χ1v) is 10.2. The third-order valence-corrected chi connectivity index (χ3v) is 6.32. The zero-order valence-corrected chi connectivity index (χ0v) is 16.1. The minimum Gasteiger partial charge on any atom is -0.343 e. The fraction of sp³-hybridized carbons (Fsp3) is 0.471. The van der Waals surface area contributed by atoms with E-state index < -0.39 is 21.3 Å². The predicted octanol–water partition coefficient (Wildman–Crippen LogP) is -0.379. The number of likely N-dealkylation sites (tertiary alicyclic amines) is 1. The van der Waals surface area contributed by atoms with E-state index in [1.807, 2.05) is 0 Å². The van der Waals surface area contributed by atoms with Crippen LogP contribution in [0.25, 0.3) is 10.9 Å². The van der Waals surface area contributed by atoms with Gasteiger partial charge in [0.15, 0.2) is 0 Å². The minimum absolute atomic E-state index is 0.0419. The summed E-state index contributed by atoms with van der Waals surface area (Å²) in [6, 6.07) is 4.03. The number of amides is 1. The first-order chi connectivity index (χ1) is 12.8. The second-order valence-electron chi connectivity index (χ2n) is 6.52. The van der Waals surface area contributed by atoms with Gasteiger partial charge in [0.1, 0.15) is 0 Å². The molecule has 2 heterocycles. The van der Waals surface area contributed by atoms with Crippen LogP contribution in [0, 0.1) is 0 Å². The van der Waals surface area contributed by atoms with E-state index in [1.165, 1.54) is 36.9 Å². The first kappa shape index (κ1) is 19.3. The molecule has 0 spiro atoms. The summed E-state index contributed by atoms with van der Waals surface area (Å²) in [5.41, 5.74) is -0.802. The fourth-order valence-electron chi connectivity index (χ4n) is 3.31. The normalized spacial score (nSPS) is 14.8. The van der Waals surface area contributed by atoms with Crippen LogP contribution in [0.4, 0.5) is 0 Å². The highest BCUT2D eigenvalue weighted by Gasteiger charge is 2.20. The van der Waals surface area contributed by atoms with Gasteiger partial charge in [0.05, 0.1) is 15.8 Å². The molecule has 1 aromatic heterocycles. The van der Waals surface area contributed by atoms with Crippen molar-refractivity contribution >= 4 is 26.8 Å². The van der Waals surface area contributed by atoms with Crippen LogP contribution in [-0.2, 0) is 28.4 Å². The molecule has 0 atom stereocenters. The lowest BCUT2D eigenvalue weighted by atomic mass is 10.2. The Morgan fingerprint density at radius 1 is 1.19 bits per heavy atom. The van der Waals surface area contributed by atoms with Gasteiger partial charge >= 0.3 is 5.69 Å². The number of rotatable bonds is 5. The summed E-state index contributed by atoms with van der Waals surface area (Å²) in [6.07, 6.45) is 1.98. The molecule has 9 nitrogen and oxygen atoms in total. The molecule has 1 aromatic carbocycles. The number of nitrogens with zero attached hydrogens (tertiary/aromatic N) is 3. The number of aryl methyl sites for hydroxylation is 1. The number of benzene rings is 1. The maximum absolute atomic E-state index is 12.8. The number of hydrogen-bond donors (Lipinski definition) is 1. The van der Waals surface area contributed by atoms with Crippen LogP contribution in [0.2, 0.25) is 0 Å². The Balaban J connectivity index is 2.03. The van der Waals surface area contributed by atoms with Gasteiger partial charge in [0.25, 0.3) is 5.56 Å². The number of hydrogen-bond acceptors (Lipinski definition) is 5. The quantitative estimate of drug-likeness (QED) is 0.743. The molecule has 0 aliphatic carbocycles. The van der Waals surface area contributed by atoms with E-state index >= 15 is 0 Å². The van der Waals surface area contributed by atoms with Crippen molar-refractivity contribution in [1.82, 2.24) is 18.8 Å². The molecule has 146 valence electrons. The van der Waals surface area contributed by atoms with E-state index in [-0.39, 0.29) is 29.2 Å². The Morgan fingerprint density at radius 2 is 1.85 bits per heavy atom. The maximum atomic E-state index is 12.8. The molecule has 1 fully saturated rings. The van der Waals surface area contributed by atoms with Crippen LogP contribution >= 0.6 is 0 Å². The van der Waals surface area contributed by atoms with Crippen LogP contribution in [0.1, 0.15) is 19.3 Å². The summed E-state index contributed by atoms with van der Waals surface area (Å²) in [7, 11) is -0.936. The number of carbonyl (C=O) groups is 1. The molecule has 1 saturated heterocycles. The zero-order valence-electron chi connectivity index (χ0n) is 15.3. The lowest BCUT2D eigenvalue weighted by Gasteiger charge is -2.16. The zero-order chi connectivity index (χ0) is 19.8. The molecule has 1 aliphatic rings. The van der Waals surface area contributed by atoms with Crippen LogP contribution in [0.5, 0.6) is 0 Å². The highest BCUT2D eigenvalue weighted by molar-refractivity contribution is 7.89. The lowest BCUT2D eigenvalue weighted by molar-refractivity contribution is -0.130. The van der Waals surface area contributed by atoms with E-state index in [4.69, 9.17) is 0 Å². The summed E-state index contributed by atoms with van der Waals surface area (Å²) in [6.45, 7) is 1.36. The Bertz CT molecular complexity index is 1110. The van der Waals surface area contributed by atoms with Crippen molar-refractivity contribution in [1.29, 1.82) is 0 Å². The molecule has 0 bridgehead atoms. The summed E-state index contributed by atoms with van der Waals surface area (Å²) >= 11 is 0. The van der Waals surface area contributed by atoms with Gasteiger partial charge in [0, 0.05) is 33.1 Å². The van der Waals surface area contributed by atoms with Crippen molar-refractivity contribution < 1.29 is 13.2 Å². The van der Waals surface area contributed by atoms with Crippen molar-refractivity contribution in [2.24, 2.45) is 7.05 Å². The third kappa shape index (κ3) is 3.54. The lowest BCUT2D eigenvalue weighted by Crippen LogP contribution is -2.40. The number of aromatic nitrogens is 2. The maximum Gasteiger partial charge on any atom is 0.331 e. The van der Waals surface area contributed by atoms with Crippen LogP contribution in [0.3, 0.4) is 0 Å². The number of fused-ring (bicyclic) bond motifs is 1. The SMILES string of the molecule is CNS(=O)(=O)c1ccc2c(c1)c(=O)n(CCC(=O)N1CCCC1)c(=O)n2C. The average molecular weight is 394 g/mol. The largest absolute Gasteiger partial charge is 0.343 e. The van der Waals surface area contributed by atoms with Gasteiger partial charge in [-0.15, -0.1) is 0 Å². The van der Waals surface area contributed by atoms with Gasteiger partial charge in [-0.05, 0) is 38.1 Å². The monoisotopic (exact) mass is 394 g/mol. The molecular weight excluding hydrogens is 372 g/mol. The smallest absolute Gasteiger partial charge is 0.331 e. The van der Waals surface area contributed by atoms with Gasteiger partial charge in [-0.3, -0.25) is 18.7 Å². The summed E-state index contributed by atoms with van der Waals surface area (Å²) < 4.78 is 28.5. The van der Waals surface area contributed by atoms with E-state index in [2.05, 4.69) is 4.72 Å². The molecule has 1 aliphatic heterocycles. The Kier molecular flexibility index (Phi) is 5.20. The summed E-state index contributed by atoms with van der Waals surface area (Å²) in [5.74, 6) is -0.0898. The van der Waals surface area contributed by atoms with Gasteiger partial charge < -0.3 is 4.90 Å². The minimum atomic E-state index is -3.73. The molecule has 0 radical (unpaired) electrons. The molecule has 27 heavy (non-hydrogen) atoms. The molecular formula is C17H22N4O5S. The van der Waals surface area contributed by atoms with E-state index in [9.17, 15) is 22.8 Å². The highest BCUT2D eigenvalue weighted by atomic mass is 32.2. The first-order valence-electron chi connectivity index (χ1n) is 8.71. The average Bonchev–Trinajstić information content (AvgIpc) is 3.20. The van der Waals surface area contributed by atoms with Gasteiger partial charge in [0.2, 0.25) is 15.9 Å². The van der Waals surface area contributed by atoms with Crippen molar-refractivity contribution in [3.63, 3.8) is 0 Å². The van der Waals surface area contributed by atoms with E-state index in [0.717, 1.165) is 17.4 Å². The molecule has 0 unspecified atom stereocenters. The van der Waals surface area contributed by atoms with E-state index in [1.54, 1.807) is 4.90 Å². The molecule has 10 heteroatoms. The van der Waals surface area contributed by atoms with Crippen molar-refractivity contribution in [2.45, 2.75) is 30.7 Å². The summed E-state index contributed by atoms with van der Waals surface area (Å²) in [4.78, 5) is 39.3. The predicted molar refractivity (Wildman–Crippen MR) is 100 cm³/mol. The second kappa shape index (κ2) is 7.28. The van der Waals surface area contributed by atoms with Crippen LogP contribution in [0.15, 0.2) is 32.7 Å².